The first kappa shape index (κ1) is 13.3. The van der Waals surface area contributed by atoms with E-state index < -0.39 is 6.10 Å². The van der Waals surface area contributed by atoms with Crippen LogP contribution >= 0.6 is 0 Å². The van der Waals surface area contributed by atoms with Gasteiger partial charge in [0.15, 0.2) is 0 Å². The van der Waals surface area contributed by atoms with Crippen molar-refractivity contribution in [3.8, 4) is 11.3 Å². The van der Waals surface area contributed by atoms with E-state index in [1.807, 2.05) is 30.3 Å². The molecule has 5 heteroatoms. The topological polar surface area (TPSA) is 69.2 Å². The van der Waals surface area contributed by atoms with Gasteiger partial charge in [0, 0.05) is 19.2 Å². The quantitative estimate of drug-likeness (QED) is 0.874. The van der Waals surface area contributed by atoms with E-state index >= 15 is 0 Å². The number of aliphatic hydroxyl groups excluding tert-OH is 1. The number of carbonyl (C=O) groups is 1. The first-order valence-electron chi connectivity index (χ1n) is 6.12. The molecular formula is C14H17N3O2. The molecule has 19 heavy (non-hydrogen) atoms. The molecule has 0 saturated heterocycles. The van der Waals surface area contributed by atoms with Crippen molar-refractivity contribution in [1.82, 2.24) is 15.1 Å². The summed E-state index contributed by atoms with van der Waals surface area (Å²) in [6.45, 7) is 1.94. The van der Waals surface area contributed by atoms with E-state index in [1.54, 1.807) is 20.0 Å². The zero-order chi connectivity index (χ0) is 13.8. The molecule has 1 aromatic carbocycles. The minimum Gasteiger partial charge on any atom is -0.392 e. The number of aromatic nitrogens is 2. The minimum atomic E-state index is -0.550. The molecule has 1 heterocycles. The Balaban J connectivity index is 2.15. The Labute approximate surface area is 111 Å². The number of benzene rings is 1. The molecule has 0 radical (unpaired) electrons. The normalized spacial score (nSPS) is 12.2. The van der Waals surface area contributed by atoms with Crippen molar-refractivity contribution in [3.05, 3.63) is 42.1 Å². The average molecular weight is 259 g/mol. The molecule has 0 bridgehead atoms. The second-order valence-electron chi connectivity index (χ2n) is 4.57. The Morgan fingerprint density at radius 2 is 2.11 bits per heavy atom. The van der Waals surface area contributed by atoms with Crippen LogP contribution in [0.5, 0.6) is 0 Å². The van der Waals surface area contributed by atoms with E-state index in [4.69, 9.17) is 0 Å². The molecule has 5 nitrogen and oxygen atoms in total. The van der Waals surface area contributed by atoms with Gasteiger partial charge < -0.3 is 10.0 Å². The van der Waals surface area contributed by atoms with Crippen molar-refractivity contribution in [2.45, 2.75) is 13.0 Å². The summed E-state index contributed by atoms with van der Waals surface area (Å²) >= 11 is 0. The number of rotatable bonds is 4. The van der Waals surface area contributed by atoms with Crippen LogP contribution in [0.15, 0.2) is 36.4 Å². The number of amides is 1. The van der Waals surface area contributed by atoms with Crippen LogP contribution < -0.4 is 0 Å². The van der Waals surface area contributed by atoms with Gasteiger partial charge in [-0.1, -0.05) is 30.3 Å². The maximum absolute atomic E-state index is 12.1. The highest BCUT2D eigenvalue weighted by molar-refractivity contribution is 5.93. The van der Waals surface area contributed by atoms with E-state index in [0.29, 0.717) is 12.2 Å². The van der Waals surface area contributed by atoms with Crippen molar-refractivity contribution in [3.63, 3.8) is 0 Å². The van der Waals surface area contributed by atoms with Gasteiger partial charge in [-0.05, 0) is 13.0 Å². The Bertz CT molecular complexity index is 549. The van der Waals surface area contributed by atoms with Crippen LogP contribution in [-0.4, -0.2) is 45.8 Å². The molecular weight excluding hydrogens is 242 g/mol. The highest BCUT2D eigenvalue weighted by Gasteiger charge is 2.16. The lowest BCUT2D eigenvalue weighted by Gasteiger charge is -2.17. The summed E-state index contributed by atoms with van der Waals surface area (Å²) in [7, 11) is 1.65. The van der Waals surface area contributed by atoms with Crippen LogP contribution in [-0.2, 0) is 0 Å². The molecule has 2 N–H and O–H groups in total. The third-order valence-corrected chi connectivity index (χ3v) is 2.76. The monoisotopic (exact) mass is 259 g/mol. The van der Waals surface area contributed by atoms with Gasteiger partial charge in [-0.15, -0.1) is 0 Å². The highest BCUT2D eigenvalue weighted by atomic mass is 16.3. The molecule has 2 aromatic rings. The van der Waals surface area contributed by atoms with Crippen molar-refractivity contribution < 1.29 is 9.90 Å². The van der Waals surface area contributed by atoms with E-state index in [0.717, 1.165) is 11.3 Å². The second kappa shape index (κ2) is 5.67. The molecule has 1 amide bonds. The average Bonchev–Trinajstić information content (AvgIpc) is 2.87. The second-order valence-corrected chi connectivity index (χ2v) is 4.57. The fourth-order valence-electron chi connectivity index (χ4n) is 1.87. The summed E-state index contributed by atoms with van der Waals surface area (Å²) in [5.41, 5.74) is 2.10. The van der Waals surface area contributed by atoms with Crippen LogP contribution in [0.25, 0.3) is 11.3 Å². The number of aromatic amines is 1. The maximum atomic E-state index is 12.1. The molecule has 0 aliphatic rings. The number of carbonyl (C=O) groups excluding carboxylic acids is 1. The minimum absolute atomic E-state index is 0.185. The lowest BCUT2D eigenvalue weighted by atomic mass is 10.1. The van der Waals surface area contributed by atoms with E-state index in [2.05, 4.69) is 10.2 Å². The molecule has 1 aromatic heterocycles. The first-order chi connectivity index (χ1) is 9.08. The maximum Gasteiger partial charge on any atom is 0.271 e. The standard InChI is InChI=1S/C14H17N3O2/c1-10(18)9-17(2)14(19)13-8-12(15-16-13)11-6-4-3-5-7-11/h3-8,10,18H,9H2,1-2H3,(H,15,16). The van der Waals surface area contributed by atoms with Gasteiger partial charge in [0.1, 0.15) is 5.69 Å². The number of aliphatic hydroxyl groups is 1. The lowest BCUT2D eigenvalue weighted by molar-refractivity contribution is 0.0698. The summed E-state index contributed by atoms with van der Waals surface area (Å²) in [6, 6.07) is 11.4. The van der Waals surface area contributed by atoms with Gasteiger partial charge in [0.25, 0.3) is 5.91 Å². The summed E-state index contributed by atoms with van der Waals surface area (Å²) < 4.78 is 0. The van der Waals surface area contributed by atoms with Crippen molar-refractivity contribution >= 4 is 5.91 Å². The third-order valence-electron chi connectivity index (χ3n) is 2.76. The van der Waals surface area contributed by atoms with Crippen LogP contribution in [0, 0.1) is 0 Å². The molecule has 100 valence electrons. The summed E-state index contributed by atoms with van der Waals surface area (Å²) in [6.07, 6.45) is -0.550. The fraction of sp³-hybridized carbons (Fsp3) is 0.286. The van der Waals surface area contributed by atoms with Crippen molar-refractivity contribution in [2.75, 3.05) is 13.6 Å². The summed E-state index contributed by atoms with van der Waals surface area (Å²) in [4.78, 5) is 13.5. The van der Waals surface area contributed by atoms with E-state index in [9.17, 15) is 9.90 Å². The number of nitrogens with one attached hydrogen (secondary N) is 1. The van der Waals surface area contributed by atoms with Gasteiger partial charge in [0.2, 0.25) is 0 Å². The summed E-state index contributed by atoms with van der Waals surface area (Å²) in [5.74, 6) is -0.185. The van der Waals surface area contributed by atoms with Crippen molar-refractivity contribution in [2.24, 2.45) is 0 Å². The Kier molecular flexibility index (Phi) is 3.97. The lowest BCUT2D eigenvalue weighted by Crippen LogP contribution is -2.33. The number of likely N-dealkylation sites (N-methyl/N-ethyl adjacent to an activating group) is 1. The van der Waals surface area contributed by atoms with E-state index in [-0.39, 0.29) is 5.91 Å². The fourth-order valence-corrected chi connectivity index (χ4v) is 1.87. The van der Waals surface area contributed by atoms with Crippen LogP contribution in [0.1, 0.15) is 17.4 Å². The Hall–Kier alpha value is -2.14. The Morgan fingerprint density at radius 1 is 1.42 bits per heavy atom. The predicted octanol–water partition coefficient (Wildman–Crippen LogP) is 1.53. The molecule has 0 spiro atoms. The number of hydrogen-bond donors (Lipinski definition) is 2. The number of hydrogen-bond acceptors (Lipinski definition) is 3. The third kappa shape index (κ3) is 3.20. The van der Waals surface area contributed by atoms with Gasteiger partial charge >= 0.3 is 0 Å². The number of nitrogens with zero attached hydrogens (tertiary/aromatic N) is 2. The van der Waals surface area contributed by atoms with Crippen LogP contribution in [0.3, 0.4) is 0 Å². The molecule has 0 saturated carbocycles. The highest BCUT2D eigenvalue weighted by Crippen LogP contribution is 2.17. The van der Waals surface area contributed by atoms with Gasteiger partial charge in [-0.25, -0.2) is 0 Å². The van der Waals surface area contributed by atoms with Gasteiger partial charge in [-0.3, -0.25) is 9.89 Å². The molecule has 0 aliphatic heterocycles. The molecule has 0 fully saturated rings. The van der Waals surface area contributed by atoms with E-state index in [1.165, 1.54) is 4.90 Å². The smallest absolute Gasteiger partial charge is 0.271 e. The molecule has 1 unspecified atom stereocenters. The first-order valence-corrected chi connectivity index (χ1v) is 6.12. The predicted molar refractivity (Wildman–Crippen MR) is 72.7 cm³/mol. The van der Waals surface area contributed by atoms with Gasteiger partial charge in [-0.2, -0.15) is 5.10 Å². The largest absolute Gasteiger partial charge is 0.392 e. The Morgan fingerprint density at radius 3 is 2.74 bits per heavy atom. The van der Waals surface area contributed by atoms with Gasteiger partial charge in [0.05, 0.1) is 11.8 Å². The number of H-pyrrole nitrogens is 1. The zero-order valence-corrected chi connectivity index (χ0v) is 11.0. The zero-order valence-electron chi connectivity index (χ0n) is 11.0. The molecule has 0 aliphatic carbocycles. The molecule has 2 rings (SSSR count). The summed E-state index contributed by atoms with van der Waals surface area (Å²) in [5, 5.41) is 16.2. The van der Waals surface area contributed by atoms with Crippen LogP contribution in [0.2, 0.25) is 0 Å². The van der Waals surface area contributed by atoms with Crippen molar-refractivity contribution in [1.29, 1.82) is 0 Å². The van der Waals surface area contributed by atoms with Crippen LogP contribution in [0.4, 0.5) is 0 Å². The SMILES string of the molecule is CC(O)CN(C)C(=O)c1cc(-c2ccccc2)n[nH]1. The molecule has 1 atom stereocenters.